The molecule has 2 aliphatic rings. The monoisotopic (exact) mass is 135 g/mol. The van der Waals surface area contributed by atoms with Crippen molar-refractivity contribution in [2.45, 2.75) is 0 Å². The molecule has 2 heteroatoms. The second kappa shape index (κ2) is 2.39. The van der Waals surface area contributed by atoms with Gasteiger partial charge in [-0.25, -0.2) is 4.99 Å². The second-order valence-electron chi connectivity index (χ2n) is 2.61. The molecule has 1 aliphatic heterocycles. The van der Waals surface area contributed by atoms with Crippen molar-refractivity contribution in [1.29, 1.82) is 0 Å². The van der Waals surface area contributed by atoms with Gasteiger partial charge in [0.15, 0.2) is 12.4 Å². The van der Waals surface area contributed by atoms with Crippen molar-refractivity contribution in [3.63, 3.8) is 0 Å². The van der Waals surface area contributed by atoms with Gasteiger partial charge >= 0.3 is 0 Å². The highest BCUT2D eigenvalue weighted by Crippen LogP contribution is 2.05. The van der Waals surface area contributed by atoms with Gasteiger partial charge in [0.25, 0.3) is 0 Å². The van der Waals surface area contributed by atoms with Crippen LogP contribution in [0.25, 0.3) is 0 Å². The summed E-state index contributed by atoms with van der Waals surface area (Å²) in [6, 6.07) is 0. The van der Waals surface area contributed by atoms with Crippen molar-refractivity contribution in [3.05, 3.63) is 24.3 Å². The number of hydrogen-bond donors (Lipinski definition) is 2. The third-order valence-electron chi connectivity index (χ3n) is 1.91. The Hall–Kier alpha value is -0.890. The normalized spacial score (nSPS) is 29.6. The molecule has 0 spiro atoms. The van der Waals surface area contributed by atoms with Gasteiger partial charge < -0.3 is 0 Å². The van der Waals surface area contributed by atoms with Crippen molar-refractivity contribution >= 4 is 5.71 Å². The molecular formula is C8H11N2+. The SMILES string of the molecule is C1=CC2=[NH+]CNCC2C=C1. The topological polar surface area (TPSA) is 26.0 Å². The lowest BCUT2D eigenvalue weighted by Gasteiger charge is -2.15. The van der Waals surface area contributed by atoms with Gasteiger partial charge in [-0.3, -0.25) is 5.32 Å². The van der Waals surface area contributed by atoms with Gasteiger partial charge in [-0.05, 0) is 0 Å². The highest BCUT2D eigenvalue weighted by molar-refractivity contribution is 5.95. The van der Waals surface area contributed by atoms with E-state index < -0.39 is 0 Å². The lowest BCUT2D eigenvalue weighted by molar-refractivity contribution is -0.469. The zero-order valence-corrected chi connectivity index (χ0v) is 5.80. The summed E-state index contributed by atoms with van der Waals surface area (Å²) in [7, 11) is 0. The molecule has 0 aromatic carbocycles. The first-order chi connectivity index (χ1) is 4.97. The van der Waals surface area contributed by atoms with Crippen molar-refractivity contribution in [2.24, 2.45) is 5.92 Å². The summed E-state index contributed by atoms with van der Waals surface area (Å²) < 4.78 is 0. The smallest absolute Gasteiger partial charge is 0.195 e. The molecule has 0 aromatic rings. The number of allylic oxidation sites excluding steroid dienone is 3. The third kappa shape index (κ3) is 0.907. The van der Waals surface area contributed by atoms with E-state index in [9.17, 15) is 0 Å². The number of fused-ring (bicyclic) bond motifs is 1. The molecule has 0 amide bonds. The fourth-order valence-electron chi connectivity index (χ4n) is 1.35. The standard InChI is InChI=1S/C8H10N2/c1-2-4-8-7(3-1)5-9-6-10-8/h1-4,7,9H,5-6H2/p+1. The molecule has 0 saturated heterocycles. The Bertz CT molecular complexity index is 213. The van der Waals surface area contributed by atoms with E-state index in [2.05, 4.69) is 34.6 Å². The molecule has 0 fully saturated rings. The van der Waals surface area contributed by atoms with Gasteiger partial charge in [-0.15, -0.1) is 0 Å². The largest absolute Gasteiger partial charge is 0.261 e. The van der Waals surface area contributed by atoms with Crippen molar-refractivity contribution < 1.29 is 4.99 Å². The van der Waals surface area contributed by atoms with E-state index in [1.54, 1.807) is 0 Å². The highest BCUT2D eigenvalue weighted by Gasteiger charge is 2.20. The molecule has 2 N–H and O–H groups in total. The van der Waals surface area contributed by atoms with Crippen LogP contribution in [0.4, 0.5) is 0 Å². The predicted molar refractivity (Wildman–Crippen MR) is 40.6 cm³/mol. The zero-order chi connectivity index (χ0) is 6.81. The van der Waals surface area contributed by atoms with E-state index >= 15 is 0 Å². The first kappa shape index (κ1) is 5.86. The van der Waals surface area contributed by atoms with Gasteiger partial charge in [0.1, 0.15) is 0 Å². The number of rotatable bonds is 0. The Morgan fingerprint density at radius 3 is 3.40 bits per heavy atom. The van der Waals surface area contributed by atoms with Gasteiger partial charge in [-0.1, -0.05) is 18.2 Å². The molecule has 52 valence electrons. The van der Waals surface area contributed by atoms with Crippen molar-refractivity contribution in [1.82, 2.24) is 5.32 Å². The van der Waals surface area contributed by atoms with Crippen LogP contribution in [0.5, 0.6) is 0 Å². The summed E-state index contributed by atoms with van der Waals surface area (Å²) >= 11 is 0. The molecule has 0 bridgehead atoms. The summed E-state index contributed by atoms with van der Waals surface area (Å²) in [5, 5.41) is 3.27. The Labute approximate surface area is 60.3 Å². The third-order valence-corrected chi connectivity index (χ3v) is 1.91. The fourth-order valence-corrected chi connectivity index (χ4v) is 1.35. The maximum Gasteiger partial charge on any atom is 0.195 e. The second-order valence-corrected chi connectivity index (χ2v) is 2.61. The summed E-state index contributed by atoms with van der Waals surface area (Å²) in [6.45, 7) is 1.98. The Balaban J connectivity index is 2.27. The predicted octanol–water partition coefficient (Wildman–Crippen LogP) is -1.19. The molecule has 0 radical (unpaired) electrons. The van der Waals surface area contributed by atoms with Crippen LogP contribution in [0.1, 0.15) is 0 Å². The van der Waals surface area contributed by atoms with Crippen molar-refractivity contribution in [2.75, 3.05) is 13.2 Å². The van der Waals surface area contributed by atoms with E-state index in [1.165, 1.54) is 5.71 Å². The van der Waals surface area contributed by atoms with Crippen LogP contribution < -0.4 is 10.3 Å². The van der Waals surface area contributed by atoms with Crippen LogP contribution in [0.15, 0.2) is 24.3 Å². The fraction of sp³-hybridized carbons (Fsp3) is 0.375. The van der Waals surface area contributed by atoms with E-state index in [4.69, 9.17) is 0 Å². The molecule has 1 unspecified atom stereocenters. The molecular weight excluding hydrogens is 124 g/mol. The molecule has 1 heterocycles. The summed E-state index contributed by atoms with van der Waals surface area (Å²) in [6.07, 6.45) is 8.53. The van der Waals surface area contributed by atoms with Crippen LogP contribution in [-0.2, 0) is 0 Å². The van der Waals surface area contributed by atoms with Gasteiger partial charge in [-0.2, -0.15) is 0 Å². The quantitative estimate of drug-likeness (QED) is 0.429. The summed E-state index contributed by atoms with van der Waals surface area (Å²) in [5.74, 6) is 0.582. The average molecular weight is 135 g/mol. The van der Waals surface area contributed by atoms with Crippen LogP contribution in [-0.4, -0.2) is 18.9 Å². The zero-order valence-electron chi connectivity index (χ0n) is 5.80. The minimum absolute atomic E-state index is 0.582. The van der Waals surface area contributed by atoms with E-state index in [-0.39, 0.29) is 0 Å². The molecule has 1 atom stereocenters. The maximum absolute atomic E-state index is 3.29. The number of nitrogens with one attached hydrogen (secondary N) is 2. The molecule has 10 heavy (non-hydrogen) atoms. The Kier molecular flexibility index (Phi) is 1.40. The molecule has 0 aromatic heterocycles. The summed E-state index contributed by atoms with van der Waals surface area (Å²) in [4.78, 5) is 3.29. The minimum Gasteiger partial charge on any atom is -0.261 e. The van der Waals surface area contributed by atoms with E-state index in [0.717, 1.165) is 13.2 Å². The minimum atomic E-state index is 0.582. The van der Waals surface area contributed by atoms with Gasteiger partial charge in [0.2, 0.25) is 0 Å². The Morgan fingerprint density at radius 1 is 1.50 bits per heavy atom. The van der Waals surface area contributed by atoms with Crippen LogP contribution in [0.3, 0.4) is 0 Å². The molecule has 2 rings (SSSR count). The molecule has 0 saturated carbocycles. The van der Waals surface area contributed by atoms with Gasteiger partial charge in [0, 0.05) is 12.6 Å². The van der Waals surface area contributed by atoms with E-state index in [1.807, 2.05) is 0 Å². The highest BCUT2D eigenvalue weighted by atomic mass is 15.0. The molecule has 2 nitrogen and oxygen atoms in total. The van der Waals surface area contributed by atoms with Crippen LogP contribution in [0, 0.1) is 5.92 Å². The van der Waals surface area contributed by atoms with Crippen molar-refractivity contribution in [3.8, 4) is 0 Å². The first-order valence-electron chi connectivity index (χ1n) is 3.63. The lowest BCUT2D eigenvalue weighted by Crippen LogP contribution is -2.81. The summed E-state index contributed by atoms with van der Waals surface area (Å²) in [5.41, 5.74) is 1.35. The van der Waals surface area contributed by atoms with Crippen LogP contribution >= 0.6 is 0 Å². The molecule has 1 aliphatic carbocycles. The van der Waals surface area contributed by atoms with Crippen LogP contribution in [0.2, 0.25) is 0 Å². The van der Waals surface area contributed by atoms with Gasteiger partial charge in [0.05, 0.1) is 5.92 Å². The first-order valence-corrected chi connectivity index (χ1v) is 3.63. The Morgan fingerprint density at radius 2 is 2.50 bits per heavy atom. The average Bonchev–Trinajstić information content (AvgIpc) is 2.05. The van der Waals surface area contributed by atoms with E-state index in [0.29, 0.717) is 5.92 Å². The lowest BCUT2D eigenvalue weighted by atomic mass is 9.97. The maximum atomic E-state index is 3.29. The number of hydrogen-bond acceptors (Lipinski definition) is 1.